The van der Waals surface area contributed by atoms with Crippen LogP contribution in [0.25, 0.3) is 5.69 Å². The molecule has 1 saturated heterocycles. The minimum absolute atomic E-state index is 0.186. The Morgan fingerprint density at radius 1 is 0.884 bits per heavy atom. The first-order valence-corrected chi connectivity index (χ1v) is 14.5. The van der Waals surface area contributed by atoms with Crippen molar-refractivity contribution >= 4 is 29.0 Å². The molecule has 0 radical (unpaired) electrons. The van der Waals surface area contributed by atoms with Crippen LogP contribution in [-0.4, -0.2) is 27.7 Å². The number of hydrogen-bond acceptors (Lipinski definition) is 5. The molecule has 0 unspecified atom stereocenters. The molecule has 1 N–H and O–H groups in total. The molecule has 0 aliphatic carbocycles. The van der Waals surface area contributed by atoms with Gasteiger partial charge >= 0.3 is 5.97 Å². The number of esters is 1. The molecule has 0 amide bonds. The third kappa shape index (κ3) is 5.37. The van der Waals surface area contributed by atoms with Crippen molar-refractivity contribution in [1.29, 1.82) is 0 Å². The Hall–Kier alpha value is -4.95. The van der Waals surface area contributed by atoms with Crippen molar-refractivity contribution in [3.05, 3.63) is 137 Å². The lowest BCUT2D eigenvalue weighted by Crippen LogP contribution is -2.29. The van der Waals surface area contributed by atoms with E-state index in [0.29, 0.717) is 10.7 Å². The smallest absolute Gasteiger partial charge is 0.337 e. The molecule has 0 bridgehead atoms. The van der Waals surface area contributed by atoms with E-state index in [-0.39, 0.29) is 18.1 Å². The van der Waals surface area contributed by atoms with Crippen LogP contribution in [0.4, 0.5) is 5.69 Å². The summed E-state index contributed by atoms with van der Waals surface area (Å²) in [6.07, 6.45) is 1.80. The van der Waals surface area contributed by atoms with E-state index in [0.717, 1.165) is 51.1 Å². The zero-order valence-corrected chi connectivity index (χ0v) is 25.3. The lowest BCUT2D eigenvalue weighted by atomic mass is 9.96. The number of thiocarbonyl (C=S) groups is 1. The SMILES string of the molecule is COC(=O)c1cccc(-n2c(C)cc([C@@H]3[C@@H](c4ccccn4)NC(=S)N3c3ccc(Oc4ccccc4C)cc3)c2C)c1. The number of aromatic nitrogens is 2. The van der Waals surface area contributed by atoms with Gasteiger partial charge in [-0.2, -0.15) is 0 Å². The van der Waals surface area contributed by atoms with E-state index in [4.69, 9.17) is 26.7 Å². The Bertz CT molecular complexity index is 1800. The number of aryl methyl sites for hydroxylation is 2. The number of carbonyl (C=O) groups excluding carboxylic acids is 1. The number of nitrogens with one attached hydrogen (secondary N) is 1. The summed E-state index contributed by atoms with van der Waals surface area (Å²) < 4.78 is 13.3. The van der Waals surface area contributed by atoms with Crippen molar-refractivity contribution in [2.75, 3.05) is 12.0 Å². The third-order valence-corrected chi connectivity index (χ3v) is 8.16. The Labute approximate surface area is 256 Å². The summed E-state index contributed by atoms with van der Waals surface area (Å²) >= 11 is 5.96. The van der Waals surface area contributed by atoms with Gasteiger partial charge in [0.15, 0.2) is 5.11 Å². The molecular weight excluding hydrogens is 556 g/mol. The van der Waals surface area contributed by atoms with Crippen LogP contribution >= 0.6 is 12.2 Å². The van der Waals surface area contributed by atoms with Gasteiger partial charge in [-0.15, -0.1) is 0 Å². The van der Waals surface area contributed by atoms with Crippen LogP contribution in [0.1, 0.15) is 50.7 Å². The Balaban J connectivity index is 1.41. The Morgan fingerprint density at radius 2 is 1.65 bits per heavy atom. The molecule has 2 atom stereocenters. The second-order valence-electron chi connectivity index (χ2n) is 10.6. The number of para-hydroxylation sites is 1. The van der Waals surface area contributed by atoms with E-state index in [1.165, 1.54) is 7.11 Å². The molecule has 8 heteroatoms. The predicted molar refractivity (Wildman–Crippen MR) is 172 cm³/mol. The van der Waals surface area contributed by atoms with Crippen LogP contribution in [0.15, 0.2) is 103 Å². The average Bonchev–Trinajstić information content (AvgIpc) is 3.53. The van der Waals surface area contributed by atoms with Gasteiger partial charge in [-0.25, -0.2) is 4.79 Å². The maximum atomic E-state index is 12.3. The van der Waals surface area contributed by atoms with Gasteiger partial charge in [0.2, 0.25) is 0 Å². The van der Waals surface area contributed by atoms with Gasteiger partial charge in [-0.05, 0) is 111 Å². The zero-order chi connectivity index (χ0) is 30.1. The molecule has 43 heavy (non-hydrogen) atoms. The molecule has 6 rings (SSSR count). The maximum absolute atomic E-state index is 12.3. The first-order valence-electron chi connectivity index (χ1n) is 14.1. The standard InChI is InChI=1S/C35H32N4O3S/c1-22-10-5-6-14-31(22)42-28-17-15-26(16-18-28)39-33(32(37-35(39)43)30-13-7-8-19-36-30)29-20-23(2)38(24(29)3)27-12-9-11-25(21-27)34(40)41-4/h5-21,32-33H,1-4H3,(H,37,43)/t32-,33-/m1/s1. The van der Waals surface area contributed by atoms with Gasteiger partial charge in [0.05, 0.1) is 30.5 Å². The summed E-state index contributed by atoms with van der Waals surface area (Å²) in [6.45, 7) is 6.20. The van der Waals surface area contributed by atoms with Crippen LogP contribution in [0.2, 0.25) is 0 Å². The monoisotopic (exact) mass is 588 g/mol. The minimum Gasteiger partial charge on any atom is -0.465 e. The predicted octanol–water partition coefficient (Wildman–Crippen LogP) is 7.55. The highest BCUT2D eigenvalue weighted by Crippen LogP contribution is 2.44. The number of methoxy groups -OCH3 is 1. The van der Waals surface area contributed by atoms with E-state index in [9.17, 15) is 4.79 Å². The number of benzene rings is 3. The topological polar surface area (TPSA) is 68.6 Å². The number of rotatable bonds is 7. The number of nitrogens with zero attached hydrogens (tertiary/aromatic N) is 3. The molecule has 0 spiro atoms. The molecule has 7 nitrogen and oxygen atoms in total. The van der Waals surface area contributed by atoms with Crippen LogP contribution in [-0.2, 0) is 4.74 Å². The number of pyridine rings is 1. The maximum Gasteiger partial charge on any atom is 0.337 e. The summed E-state index contributed by atoms with van der Waals surface area (Å²) in [5.41, 5.74) is 7.47. The Morgan fingerprint density at radius 3 is 2.37 bits per heavy atom. The van der Waals surface area contributed by atoms with Crippen molar-refractivity contribution in [2.45, 2.75) is 32.9 Å². The molecule has 1 fully saturated rings. The van der Waals surface area contributed by atoms with E-state index >= 15 is 0 Å². The second-order valence-corrected chi connectivity index (χ2v) is 10.9. The first-order chi connectivity index (χ1) is 20.9. The van der Waals surface area contributed by atoms with E-state index in [1.54, 1.807) is 12.3 Å². The molecule has 5 aromatic rings. The van der Waals surface area contributed by atoms with Gasteiger partial charge in [0.1, 0.15) is 11.5 Å². The summed E-state index contributed by atoms with van der Waals surface area (Å²) in [6, 6.07) is 31.2. The highest BCUT2D eigenvalue weighted by molar-refractivity contribution is 7.80. The number of ether oxygens (including phenoxy) is 2. The number of carbonyl (C=O) groups is 1. The number of hydrogen-bond donors (Lipinski definition) is 1. The molecule has 0 saturated carbocycles. The fraction of sp³-hybridized carbons (Fsp3) is 0.171. The van der Waals surface area contributed by atoms with Crippen molar-refractivity contribution in [3.63, 3.8) is 0 Å². The summed E-state index contributed by atoms with van der Waals surface area (Å²) in [7, 11) is 1.39. The highest BCUT2D eigenvalue weighted by atomic mass is 32.1. The van der Waals surface area contributed by atoms with Crippen molar-refractivity contribution < 1.29 is 14.3 Å². The van der Waals surface area contributed by atoms with Crippen LogP contribution in [0.3, 0.4) is 0 Å². The summed E-state index contributed by atoms with van der Waals surface area (Å²) in [5, 5.41) is 4.17. The van der Waals surface area contributed by atoms with Gasteiger partial charge in [0.25, 0.3) is 0 Å². The van der Waals surface area contributed by atoms with Gasteiger partial charge in [0, 0.05) is 29.0 Å². The minimum atomic E-state index is -0.369. The number of anilines is 1. The molecule has 1 aliphatic heterocycles. The first kappa shape index (κ1) is 28.2. The fourth-order valence-corrected chi connectivity index (χ4v) is 6.14. The highest BCUT2D eigenvalue weighted by Gasteiger charge is 2.42. The summed E-state index contributed by atoms with van der Waals surface area (Å²) in [4.78, 5) is 19.1. The lowest BCUT2D eigenvalue weighted by molar-refractivity contribution is 0.0600. The van der Waals surface area contributed by atoms with E-state index < -0.39 is 0 Å². The lowest BCUT2D eigenvalue weighted by Gasteiger charge is -2.28. The van der Waals surface area contributed by atoms with Crippen LogP contribution < -0.4 is 15.0 Å². The molecule has 2 aromatic heterocycles. The molecule has 3 heterocycles. The largest absolute Gasteiger partial charge is 0.465 e. The van der Waals surface area contributed by atoms with Crippen molar-refractivity contribution in [2.24, 2.45) is 0 Å². The quantitative estimate of drug-likeness (QED) is 0.155. The van der Waals surface area contributed by atoms with Crippen molar-refractivity contribution in [1.82, 2.24) is 14.9 Å². The Kier molecular flexibility index (Phi) is 7.69. The van der Waals surface area contributed by atoms with Gasteiger partial charge in [-0.1, -0.05) is 30.3 Å². The molecule has 1 aliphatic rings. The van der Waals surface area contributed by atoms with Gasteiger partial charge < -0.3 is 24.3 Å². The van der Waals surface area contributed by atoms with Crippen LogP contribution in [0, 0.1) is 20.8 Å². The second kappa shape index (κ2) is 11.7. The van der Waals surface area contributed by atoms with Crippen LogP contribution in [0.5, 0.6) is 11.5 Å². The molecular formula is C35H32N4O3S. The third-order valence-electron chi connectivity index (χ3n) is 7.85. The molecule has 216 valence electrons. The van der Waals surface area contributed by atoms with E-state index in [2.05, 4.69) is 34.7 Å². The normalized spacial score (nSPS) is 16.2. The fourth-order valence-electron chi connectivity index (χ4n) is 5.80. The van der Waals surface area contributed by atoms with Crippen molar-refractivity contribution in [3.8, 4) is 17.2 Å². The van der Waals surface area contributed by atoms with E-state index in [1.807, 2.05) is 91.9 Å². The van der Waals surface area contributed by atoms with Gasteiger partial charge in [-0.3, -0.25) is 4.98 Å². The zero-order valence-electron chi connectivity index (χ0n) is 24.4. The molecule has 3 aromatic carbocycles. The summed E-state index contributed by atoms with van der Waals surface area (Å²) in [5.74, 6) is 1.20. The average molecular weight is 589 g/mol.